The third kappa shape index (κ3) is 3.69. The molecule has 0 saturated carbocycles. The van der Waals surface area contributed by atoms with E-state index in [-0.39, 0.29) is 6.61 Å². The summed E-state index contributed by atoms with van der Waals surface area (Å²) in [5.74, 6) is 0.688. The highest BCUT2D eigenvalue weighted by molar-refractivity contribution is 6.53. The number of rotatable bonds is 6. The Kier molecular flexibility index (Phi) is 5.41. The van der Waals surface area contributed by atoms with Gasteiger partial charge < -0.3 is 19.7 Å². The van der Waals surface area contributed by atoms with Crippen LogP contribution in [0.1, 0.15) is 11.3 Å². The average molecular weight is 238 g/mol. The van der Waals surface area contributed by atoms with E-state index < -0.39 is 7.05 Å². The number of pyridine rings is 1. The Bertz CT molecular complexity index is 361. The minimum Gasteiger partial charge on any atom is -0.432 e. The Morgan fingerprint density at radius 1 is 1.47 bits per heavy atom. The van der Waals surface area contributed by atoms with Crippen LogP contribution in [0.4, 0.5) is 5.82 Å². The minimum absolute atomic E-state index is 0.0639. The quantitative estimate of drug-likeness (QED) is 0.698. The molecular formula is C11H19BN2O3. The lowest BCUT2D eigenvalue weighted by Gasteiger charge is -2.22. The summed E-state index contributed by atoms with van der Waals surface area (Å²) in [5.41, 5.74) is 1.72. The summed E-state index contributed by atoms with van der Waals surface area (Å²) >= 11 is 0. The Hall–Kier alpha value is -1.11. The van der Waals surface area contributed by atoms with Crippen molar-refractivity contribution in [3.05, 3.63) is 23.4 Å². The van der Waals surface area contributed by atoms with E-state index in [9.17, 15) is 5.02 Å². The minimum atomic E-state index is -0.623. The maximum atomic E-state index is 9.58. The van der Waals surface area contributed by atoms with Gasteiger partial charge in [-0.05, 0) is 19.9 Å². The molecule has 5 nitrogen and oxygen atoms in total. The lowest BCUT2D eigenvalue weighted by molar-refractivity contribution is 0.185. The third-order valence-corrected chi connectivity index (χ3v) is 2.58. The second-order valence-electron chi connectivity index (χ2n) is 3.93. The van der Waals surface area contributed by atoms with Crippen LogP contribution in [0, 0.1) is 0 Å². The summed E-state index contributed by atoms with van der Waals surface area (Å²) in [4.78, 5) is 6.10. The highest BCUT2D eigenvalue weighted by atomic mass is 16.5. The highest BCUT2D eigenvalue weighted by Crippen LogP contribution is 2.19. The molecule has 94 valence electrons. The summed E-state index contributed by atoms with van der Waals surface area (Å²) in [7, 11) is 2.77. The van der Waals surface area contributed by atoms with E-state index in [1.165, 1.54) is 0 Å². The normalized spacial score (nSPS) is 10.4. The van der Waals surface area contributed by atoms with Gasteiger partial charge in [-0.1, -0.05) is 6.07 Å². The Balaban J connectivity index is 3.05. The van der Waals surface area contributed by atoms with E-state index in [0.717, 1.165) is 11.3 Å². The van der Waals surface area contributed by atoms with E-state index in [1.807, 2.05) is 12.1 Å². The van der Waals surface area contributed by atoms with Crippen molar-refractivity contribution >= 4 is 12.9 Å². The molecule has 0 spiro atoms. The molecule has 6 heteroatoms. The van der Waals surface area contributed by atoms with Crippen molar-refractivity contribution in [1.82, 2.24) is 4.98 Å². The molecule has 0 aliphatic rings. The molecule has 0 amide bonds. The maximum Gasteiger partial charge on any atom is 0.410 e. The first-order valence-corrected chi connectivity index (χ1v) is 5.59. The van der Waals surface area contributed by atoms with Gasteiger partial charge >= 0.3 is 7.05 Å². The van der Waals surface area contributed by atoms with Gasteiger partial charge in [0.05, 0.1) is 6.61 Å². The summed E-state index contributed by atoms with van der Waals surface area (Å²) in [5, 5.41) is 18.5. The van der Waals surface area contributed by atoms with Crippen molar-refractivity contribution in [1.29, 1.82) is 0 Å². The van der Waals surface area contributed by atoms with Gasteiger partial charge in [0.25, 0.3) is 0 Å². The standard InChI is InChI=1S/C11H19BN2O3/c1-12(16)14(2)11-9(8-17-3)4-5-10(13-11)6-7-15/h4-5,15-16H,6-8H2,1-3H3. The number of aliphatic hydroxyl groups excluding tert-OH is 1. The number of aliphatic hydroxyl groups is 1. The van der Waals surface area contributed by atoms with E-state index in [4.69, 9.17) is 9.84 Å². The first-order chi connectivity index (χ1) is 8.10. The zero-order chi connectivity index (χ0) is 12.8. The number of hydrogen-bond acceptors (Lipinski definition) is 5. The number of hydrogen-bond donors (Lipinski definition) is 2. The molecule has 1 rings (SSSR count). The molecule has 1 aromatic heterocycles. The number of methoxy groups -OCH3 is 1. The lowest BCUT2D eigenvalue weighted by atomic mass is 9.85. The number of aromatic nitrogens is 1. The van der Waals surface area contributed by atoms with Crippen LogP contribution in [0.25, 0.3) is 0 Å². The molecule has 0 bridgehead atoms. The van der Waals surface area contributed by atoms with Crippen LogP contribution >= 0.6 is 0 Å². The van der Waals surface area contributed by atoms with Gasteiger partial charge in [-0.3, -0.25) is 0 Å². The van der Waals surface area contributed by atoms with Gasteiger partial charge in [-0.2, -0.15) is 0 Å². The fourth-order valence-electron chi connectivity index (χ4n) is 1.52. The monoisotopic (exact) mass is 238 g/mol. The molecule has 0 aliphatic carbocycles. The molecule has 0 radical (unpaired) electrons. The number of ether oxygens (including phenoxy) is 1. The molecule has 1 heterocycles. The van der Waals surface area contributed by atoms with Gasteiger partial charge in [0, 0.05) is 31.4 Å². The predicted molar refractivity (Wildman–Crippen MR) is 68.0 cm³/mol. The summed E-state index contributed by atoms with van der Waals surface area (Å²) in [6, 6.07) is 3.78. The van der Waals surface area contributed by atoms with Crippen molar-refractivity contribution in [2.75, 3.05) is 25.6 Å². The zero-order valence-corrected chi connectivity index (χ0v) is 10.6. The summed E-state index contributed by atoms with van der Waals surface area (Å²) in [6.07, 6.45) is 0.508. The van der Waals surface area contributed by atoms with Gasteiger partial charge in [-0.25, -0.2) is 4.98 Å². The van der Waals surface area contributed by atoms with Crippen LogP contribution in [0.15, 0.2) is 12.1 Å². The molecule has 17 heavy (non-hydrogen) atoms. The summed E-state index contributed by atoms with van der Waals surface area (Å²) < 4.78 is 5.10. The van der Waals surface area contributed by atoms with E-state index in [2.05, 4.69) is 4.98 Å². The predicted octanol–water partition coefficient (Wildman–Crippen LogP) is 0.309. The van der Waals surface area contributed by atoms with Crippen LogP contribution in [0.2, 0.25) is 6.82 Å². The molecule has 0 aromatic carbocycles. The molecule has 0 saturated heterocycles. The van der Waals surface area contributed by atoms with E-state index in [0.29, 0.717) is 18.8 Å². The topological polar surface area (TPSA) is 65.8 Å². The molecule has 0 unspecified atom stereocenters. The van der Waals surface area contributed by atoms with E-state index in [1.54, 1.807) is 25.8 Å². The number of anilines is 1. The molecule has 0 fully saturated rings. The van der Waals surface area contributed by atoms with Crippen molar-refractivity contribution in [2.45, 2.75) is 19.9 Å². The molecule has 1 aromatic rings. The SMILES string of the molecule is COCc1ccc(CCO)nc1N(C)B(C)O. The average Bonchev–Trinajstić information content (AvgIpc) is 2.30. The van der Waals surface area contributed by atoms with Gasteiger partial charge in [0.15, 0.2) is 0 Å². The smallest absolute Gasteiger partial charge is 0.410 e. The van der Waals surface area contributed by atoms with Gasteiger partial charge in [0.2, 0.25) is 0 Å². The van der Waals surface area contributed by atoms with Crippen molar-refractivity contribution in [3.8, 4) is 0 Å². The zero-order valence-electron chi connectivity index (χ0n) is 10.6. The Morgan fingerprint density at radius 3 is 2.71 bits per heavy atom. The fourth-order valence-corrected chi connectivity index (χ4v) is 1.52. The van der Waals surface area contributed by atoms with Crippen molar-refractivity contribution < 1.29 is 14.9 Å². The lowest BCUT2D eigenvalue weighted by Crippen LogP contribution is -2.34. The molecule has 0 aliphatic heterocycles. The first-order valence-electron chi connectivity index (χ1n) is 5.59. The molecular weight excluding hydrogens is 219 g/mol. The Labute approximate surface area is 102 Å². The van der Waals surface area contributed by atoms with Gasteiger partial charge in [0.1, 0.15) is 5.82 Å². The first kappa shape index (κ1) is 14.0. The van der Waals surface area contributed by atoms with Crippen molar-refractivity contribution in [3.63, 3.8) is 0 Å². The number of nitrogens with zero attached hydrogens (tertiary/aromatic N) is 2. The van der Waals surface area contributed by atoms with Gasteiger partial charge in [-0.15, -0.1) is 0 Å². The molecule has 0 atom stereocenters. The second-order valence-corrected chi connectivity index (χ2v) is 3.93. The fraction of sp³-hybridized carbons (Fsp3) is 0.545. The maximum absolute atomic E-state index is 9.58. The second kappa shape index (κ2) is 6.59. The largest absolute Gasteiger partial charge is 0.432 e. The van der Waals surface area contributed by atoms with Crippen LogP contribution in [0.3, 0.4) is 0 Å². The third-order valence-electron chi connectivity index (χ3n) is 2.58. The highest BCUT2D eigenvalue weighted by Gasteiger charge is 2.17. The Morgan fingerprint density at radius 2 is 2.18 bits per heavy atom. The van der Waals surface area contributed by atoms with Crippen LogP contribution in [-0.4, -0.2) is 42.9 Å². The molecule has 2 N–H and O–H groups in total. The van der Waals surface area contributed by atoms with Crippen molar-refractivity contribution in [2.24, 2.45) is 0 Å². The van der Waals surface area contributed by atoms with E-state index >= 15 is 0 Å². The summed E-state index contributed by atoms with van der Waals surface area (Å²) in [6.45, 7) is 2.18. The van der Waals surface area contributed by atoms with Crippen LogP contribution in [0.5, 0.6) is 0 Å². The van der Waals surface area contributed by atoms with Crippen LogP contribution < -0.4 is 4.81 Å². The van der Waals surface area contributed by atoms with Crippen LogP contribution in [-0.2, 0) is 17.8 Å².